The minimum Gasteiger partial charge on any atom is -0.447 e. The lowest BCUT2D eigenvalue weighted by atomic mass is 10.1. The van der Waals surface area contributed by atoms with E-state index in [0.717, 1.165) is 12.1 Å². The van der Waals surface area contributed by atoms with Gasteiger partial charge in [0, 0.05) is 17.7 Å². The first kappa shape index (κ1) is 32.6. The van der Waals surface area contributed by atoms with Crippen LogP contribution in [0, 0.1) is 18.6 Å². The number of imidazole rings is 1. The van der Waals surface area contributed by atoms with Crippen LogP contribution in [-0.2, 0) is 14.3 Å². The smallest absolute Gasteiger partial charge is 0.411 e. The SMILES string of the molecule is Cc1cc(F)c(C(=O)N[C@H]2C/C=C/CCC(=O)Nc3cc(NC(=O)OCCOC(C)(C)C)ccc3-c3nc2[nH]c3Cl)c(F)c1. The monoisotopic (exact) mass is 629 g/mol. The van der Waals surface area contributed by atoms with Crippen LogP contribution in [0.25, 0.3) is 11.3 Å². The third-order valence-corrected chi connectivity index (χ3v) is 6.72. The fraction of sp³-hybridized carbons (Fsp3) is 0.355. The Hall–Kier alpha value is -4.29. The molecule has 1 aliphatic rings. The molecule has 0 unspecified atom stereocenters. The first-order valence-corrected chi connectivity index (χ1v) is 14.4. The minimum absolute atomic E-state index is 0.0465. The Morgan fingerprint density at radius 2 is 1.84 bits per heavy atom. The van der Waals surface area contributed by atoms with Crippen LogP contribution < -0.4 is 16.0 Å². The molecule has 2 heterocycles. The van der Waals surface area contributed by atoms with Crippen molar-refractivity contribution < 1.29 is 32.6 Å². The van der Waals surface area contributed by atoms with Crippen LogP contribution in [0.5, 0.6) is 0 Å². The van der Waals surface area contributed by atoms with Gasteiger partial charge < -0.3 is 25.1 Å². The first-order valence-electron chi connectivity index (χ1n) is 14.0. The third kappa shape index (κ3) is 8.64. The lowest BCUT2D eigenvalue weighted by Crippen LogP contribution is -2.30. The maximum Gasteiger partial charge on any atom is 0.411 e. The van der Waals surface area contributed by atoms with Gasteiger partial charge in [-0.1, -0.05) is 23.8 Å². The zero-order chi connectivity index (χ0) is 32.0. The fourth-order valence-corrected chi connectivity index (χ4v) is 4.68. The molecule has 1 atom stereocenters. The van der Waals surface area contributed by atoms with Crippen LogP contribution in [0.3, 0.4) is 0 Å². The van der Waals surface area contributed by atoms with Gasteiger partial charge in [0.15, 0.2) is 0 Å². The zero-order valence-corrected chi connectivity index (χ0v) is 25.5. The Labute approximate surface area is 258 Å². The Balaban J connectivity index is 1.60. The van der Waals surface area contributed by atoms with Crippen molar-refractivity contribution in [3.8, 4) is 11.3 Å². The van der Waals surface area contributed by atoms with E-state index in [9.17, 15) is 23.2 Å². The Morgan fingerprint density at radius 1 is 1.11 bits per heavy atom. The van der Waals surface area contributed by atoms with Gasteiger partial charge in [0.25, 0.3) is 5.91 Å². The van der Waals surface area contributed by atoms with E-state index in [-0.39, 0.29) is 54.2 Å². The van der Waals surface area contributed by atoms with Crippen LogP contribution in [0.1, 0.15) is 67.8 Å². The highest BCUT2D eigenvalue weighted by molar-refractivity contribution is 6.32. The maximum absolute atomic E-state index is 14.5. The van der Waals surface area contributed by atoms with E-state index in [0.29, 0.717) is 28.9 Å². The molecule has 0 aliphatic carbocycles. The van der Waals surface area contributed by atoms with Gasteiger partial charge in [-0.05, 0) is 76.4 Å². The molecule has 0 saturated carbocycles. The highest BCUT2D eigenvalue weighted by Gasteiger charge is 2.26. The summed E-state index contributed by atoms with van der Waals surface area (Å²) < 4.78 is 39.8. The van der Waals surface area contributed by atoms with Crippen LogP contribution in [0.2, 0.25) is 5.15 Å². The second kappa shape index (κ2) is 14.0. The number of benzene rings is 2. The molecule has 0 spiro atoms. The van der Waals surface area contributed by atoms with Gasteiger partial charge in [-0.2, -0.15) is 0 Å². The van der Waals surface area contributed by atoms with E-state index < -0.39 is 35.2 Å². The maximum atomic E-state index is 14.5. The summed E-state index contributed by atoms with van der Waals surface area (Å²) >= 11 is 6.55. The van der Waals surface area contributed by atoms with Gasteiger partial charge in [-0.3, -0.25) is 14.9 Å². The number of allylic oxidation sites excluding steroid dienone is 1. The molecular weight excluding hydrogens is 596 g/mol. The molecule has 3 aromatic rings. The molecular formula is C31H34ClF2N5O5. The predicted molar refractivity (Wildman–Crippen MR) is 163 cm³/mol. The van der Waals surface area contributed by atoms with Crippen LogP contribution in [-0.4, -0.2) is 46.7 Å². The van der Waals surface area contributed by atoms with Crippen molar-refractivity contribution in [1.29, 1.82) is 0 Å². The summed E-state index contributed by atoms with van der Waals surface area (Å²) in [5, 5.41) is 8.20. The van der Waals surface area contributed by atoms with Crippen LogP contribution in [0.4, 0.5) is 25.0 Å². The van der Waals surface area contributed by atoms with Gasteiger partial charge >= 0.3 is 6.09 Å². The molecule has 3 amide bonds. The minimum atomic E-state index is -0.983. The summed E-state index contributed by atoms with van der Waals surface area (Å²) in [4.78, 5) is 45.6. The van der Waals surface area contributed by atoms with E-state index >= 15 is 0 Å². The largest absolute Gasteiger partial charge is 0.447 e. The summed E-state index contributed by atoms with van der Waals surface area (Å²) in [5.41, 5.74) is 0.601. The molecule has 2 bridgehead atoms. The number of nitrogens with one attached hydrogen (secondary N) is 4. The molecule has 234 valence electrons. The lowest BCUT2D eigenvalue weighted by Gasteiger charge is -2.19. The van der Waals surface area contributed by atoms with Gasteiger partial charge in [0.1, 0.15) is 40.5 Å². The van der Waals surface area contributed by atoms with E-state index in [1.165, 1.54) is 6.92 Å². The number of fused-ring (bicyclic) bond motifs is 4. The zero-order valence-electron chi connectivity index (χ0n) is 24.8. The quantitative estimate of drug-likeness (QED) is 0.174. The second-order valence-electron chi connectivity index (χ2n) is 11.2. The standard InChI is InChI=1S/C31H34ClF2N5O5/c1-17-14-20(33)25(21(34)15-17)29(41)37-22-8-6-5-7-9-24(40)36-23-16-18(35-30(42)43-12-13-44-31(2,3)4)10-11-19(23)26-27(32)39-28(22)38-26/h5-6,10-11,14-16,22H,7-9,12-13H2,1-4H3,(H,35,42)(H,36,40)(H,37,41)(H,38,39)/b6-5+/t22-/m0/s1. The van der Waals surface area contributed by atoms with Gasteiger partial charge in [-0.25, -0.2) is 18.6 Å². The highest BCUT2D eigenvalue weighted by Crippen LogP contribution is 2.36. The summed E-state index contributed by atoms with van der Waals surface area (Å²) in [7, 11) is 0. The fourth-order valence-electron chi connectivity index (χ4n) is 4.44. The number of ether oxygens (including phenoxy) is 2. The number of H-pyrrole nitrogens is 1. The molecule has 4 rings (SSSR count). The number of carbonyl (C=O) groups excluding carboxylic acids is 3. The molecule has 4 N–H and O–H groups in total. The normalized spacial score (nSPS) is 16.0. The summed E-state index contributed by atoms with van der Waals surface area (Å²) in [5.74, 6) is -2.99. The number of halogens is 3. The number of rotatable bonds is 6. The van der Waals surface area contributed by atoms with Gasteiger partial charge in [0.2, 0.25) is 5.91 Å². The molecule has 0 saturated heterocycles. The number of hydrogen-bond acceptors (Lipinski definition) is 6. The number of amides is 3. The van der Waals surface area contributed by atoms with E-state index in [1.807, 2.05) is 20.8 Å². The number of aryl methyl sites for hydroxylation is 1. The number of hydrogen-bond donors (Lipinski definition) is 4. The van der Waals surface area contributed by atoms with Gasteiger partial charge in [0.05, 0.1) is 23.9 Å². The molecule has 1 aliphatic heterocycles. The number of nitrogens with zero attached hydrogens (tertiary/aromatic N) is 1. The third-order valence-electron chi connectivity index (χ3n) is 6.45. The highest BCUT2D eigenvalue weighted by atomic mass is 35.5. The predicted octanol–water partition coefficient (Wildman–Crippen LogP) is 6.83. The van der Waals surface area contributed by atoms with Crippen molar-refractivity contribution in [2.75, 3.05) is 23.8 Å². The molecule has 0 fully saturated rings. The summed E-state index contributed by atoms with van der Waals surface area (Å²) in [6.45, 7) is 7.47. The van der Waals surface area contributed by atoms with E-state index in [4.69, 9.17) is 21.1 Å². The van der Waals surface area contributed by atoms with Crippen molar-refractivity contribution in [3.05, 3.63) is 76.2 Å². The number of anilines is 2. The second-order valence-corrected chi connectivity index (χ2v) is 11.6. The molecule has 2 aromatic carbocycles. The van der Waals surface area contributed by atoms with Crippen LogP contribution >= 0.6 is 11.6 Å². The van der Waals surface area contributed by atoms with Gasteiger partial charge in [-0.15, -0.1) is 0 Å². The first-order chi connectivity index (χ1) is 20.8. The van der Waals surface area contributed by atoms with Crippen molar-refractivity contribution in [1.82, 2.24) is 15.3 Å². The molecule has 1 aromatic heterocycles. The average Bonchev–Trinajstić information content (AvgIpc) is 3.30. The van der Waals surface area contributed by atoms with Crippen molar-refractivity contribution >= 4 is 40.9 Å². The summed E-state index contributed by atoms with van der Waals surface area (Å²) in [6.07, 6.45) is 3.51. The molecule has 13 heteroatoms. The van der Waals surface area contributed by atoms with Crippen LogP contribution in [0.15, 0.2) is 42.5 Å². The number of aromatic amines is 1. The van der Waals surface area contributed by atoms with Crippen molar-refractivity contribution in [2.24, 2.45) is 0 Å². The van der Waals surface area contributed by atoms with Crippen molar-refractivity contribution in [2.45, 2.75) is 58.6 Å². The van der Waals surface area contributed by atoms with E-state index in [1.54, 1.807) is 30.4 Å². The Morgan fingerprint density at radius 3 is 2.55 bits per heavy atom. The Bertz CT molecular complexity index is 1560. The summed E-state index contributed by atoms with van der Waals surface area (Å²) in [6, 6.07) is 6.07. The number of carbonyl (C=O) groups is 3. The Kier molecular flexibility index (Phi) is 10.4. The lowest BCUT2D eigenvalue weighted by molar-refractivity contribution is -0.116. The number of aromatic nitrogens is 2. The van der Waals surface area contributed by atoms with Crippen molar-refractivity contribution in [3.63, 3.8) is 0 Å². The average molecular weight is 630 g/mol. The molecule has 44 heavy (non-hydrogen) atoms. The topological polar surface area (TPSA) is 134 Å². The molecule has 10 nitrogen and oxygen atoms in total. The van der Waals surface area contributed by atoms with E-state index in [2.05, 4.69) is 25.9 Å². The molecule has 0 radical (unpaired) electrons.